The van der Waals surface area contributed by atoms with E-state index < -0.39 is 29.3 Å². The molecule has 2 rings (SSSR count). The van der Waals surface area contributed by atoms with Gasteiger partial charge in [0.05, 0.1) is 17.2 Å². The summed E-state index contributed by atoms with van der Waals surface area (Å²) < 4.78 is 38.9. The molecule has 0 saturated heterocycles. The Labute approximate surface area is 165 Å². The van der Waals surface area contributed by atoms with Crippen LogP contribution in [0.25, 0.3) is 0 Å². The van der Waals surface area contributed by atoms with Crippen LogP contribution in [0.4, 0.5) is 18.9 Å². The van der Waals surface area contributed by atoms with Crippen molar-refractivity contribution in [3.8, 4) is 6.07 Å². The molecule has 4 nitrogen and oxygen atoms in total. The molecule has 2 aromatic rings. The highest BCUT2D eigenvalue weighted by Gasteiger charge is 2.34. The molecular weight excluding hydrogens is 389 g/mol. The normalized spacial score (nSPS) is 12.5. The van der Waals surface area contributed by atoms with Crippen LogP contribution in [0.3, 0.4) is 0 Å². The number of nitrogens with zero attached hydrogens (tertiary/aromatic N) is 1. The van der Waals surface area contributed by atoms with Crippen molar-refractivity contribution >= 4 is 23.4 Å². The van der Waals surface area contributed by atoms with Gasteiger partial charge in [-0.15, -0.1) is 11.8 Å². The SMILES string of the molecule is CC(C)c1ccc(SCC(O)C(=O)Nc2ccc(C#N)c(C(F)(F)F)c2)cc1. The number of rotatable bonds is 6. The van der Waals surface area contributed by atoms with E-state index >= 15 is 0 Å². The number of carbonyl (C=O) groups excluding carboxylic acids is 1. The maximum atomic E-state index is 13.0. The predicted octanol–water partition coefficient (Wildman–Crippen LogP) is 4.79. The Morgan fingerprint density at radius 3 is 2.39 bits per heavy atom. The van der Waals surface area contributed by atoms with Crippen molar-refractivity contribution in [2.24, 2.45) is 0 Å². The molecule has 2 aromatic carbocycles. The van der Waals surface area contributed by atoms with Crippen LogP contribution in [0.2, 0.25) is 0 Å². The lowest BCUT2D eigenvalue weighted by Gasteiger charge is -2.14. The van der Waals surface area contributed by atoms with Crippen LogP contribution in [0.1, 0.15) is 36.5 Å². The smallest absolute Gasteiger partial charge is 0.382 e. The fourth-order valence-corrected chi connectivity index (χ4v) is 3.21. The van der Waals surface area contributed by atoms with E-state index in [-0.39, 0.29) is 11.4 Å². The van der Waals surface area contributed by atoms with Gasteiger partial charge in [0.2, 0.25) is 0 Å². The second kappa shape index (κ2) is 9.13. The molecular formula is C20H19F3N2O2S. The molecule has 8 heteroatoms. The summed E-state index contributed by atoms with van der Waals surface area (Å²) >= 11 is 1.27. The lowest BCUT2D eigenvalue weighted by molar-refractivity contribution is -0.137. The third-order valence-electron chi connectivity index (χ3n) is 3.97. The number of aliphatic hydroxyl groups excluding tert-OH is 1. The average molecular weight is 408 g/mol. The number of hydrogen-bond acceptors (Lipinski definition) is 4. The van der Waals surface area contributed by atoms with E-state index in [0.29, 0.717) is 12.0 Å². The van der Waals surface area contributed by atoms with E-state index in [1.807, 2.05) is 24.3 Å². The van der Waals surface area contributed by atoms with Crippen molar-refractivity contribution in [1.29, 1.82) is 5.26 Å². The number of amides is 1. The van der Waals surface area contributed by atoms with Crippen molar-refractivity contribution in [1.82, 2.24) is 0 Å². The van der Waals surface area contributed by atoms with Gasteiger partial charge in [0, 0.05) is 16.3 Å². The average Bonchev–Trinajstić information content (AvgIpc) is 2.65. The molecule has 28 heavy (non-hydrogen) atoms. The molecule has 0 spiro atoms. The molecule has 0 heterocycles. The number of nitrogens with one attached hydrogen (secondary N) is 1. The Kier molecular flexibility index (Phi) is 7.11. The van der Waals surface area contributed by atoms with Crippen LogP contribution < -0.4 is 5.32 Å². The van der Waals surface area contributed by atoms with Crippen molar-refractivity contribution in [3.05, 3.63) is 59.2 Å². The Morgan fingerprint density at radius 1 is 1.21 bits per heavy atom. The van der Waals surface area contributed by atoms with Crippen LogP contribution in [0, 0.1) is 11.3 Å². The van der Waals surface area contributed by atoms with E-state index in [1.54, 1.807) is 0 Å². The van der Waals surface area contributed by atoms with Gasteiger partial charge >= 0.3 is 6.18 Å². The van der Waals surface area contributed by atoms with E-state index in [2.05, 4.69) is 19.2 Å². The minimum absolute atomic E-state index is 0.0509. The lowest BCUT2D eigenvalue weighted by atomic mass is 10.0. The summed E-state index contributed by atoms with van der Waals surface area (Å²) in [4.78, 5) is 12.9. The standard InChI is InChI=1S/C20H19F3N2O2S/c1-12(2)13-4-7-16(8-5-13)28-11-18(26)19(27)25-15-6-3-14(10-24)17(9-15)20(21,22)23/h3-9,12,18,26H,11H2,1-2H3,(H,25,27). The predicted molar refractivity (Wildman–Crippen MR) is 102 cm³/mol. The van der Waals surface area contributed by atoms with Gasteiger partial charge in [-0.05, 0) is 41.8 Å². The summed E-state index contributed by atoms with van der Waals surface area (Å²) in [6, 6.07) is 12.0. The van der Waals surface area contributed by atoms with Crippen LogP contribution in [0.5, 0.6) is 0 Å². The van der Waals surface area contributed by atoms with E-state index in [4.69, 9.17) is 5.26 Å². The Morgan fingerprint density at radius 2 is 1.86 bits per heavy atom. The zero-order chi connectivity index (χ0) is 20.9. The van der Waals surface area contributed by atoms with Crippen molar-refractivity contribution in [3.63, 3.8) is 0 Å². The zero-order valence-electron chi connectivity index (χ0n) is 15.2. The maximum Gasteiger partial charge on any atom is 0.417 e. The summed E-state index contributed by atoms with van der Waals surface area (Å²) in [6.45, 7) is 4.15. The van der Waals surface area contributed by atoms with Gasteiger partial charge in [-0.3, -0.25) is 4.79 Å². The number of halogens is 3. The molecule has 0 aromatic heterocycles. The molecule has 0 radical (unpaired) electrons. The lowest BCUT2D eigenvalue weighted by Crippen LogP contribution is -2.29. The van der Waals surface area contributed by atoms with Crippen molar-refractivity contribution < 1.29 is 23.1 Å². The largest absolute Gasteiger partial charge is 0.417 e. The maximum absolute atomic E-state index is 13.0. The van der Waals surface area contributed by atoms with Crippen molar-refractivity contribution in [2.75, 3.05) is 11.1 Å². The zero-order valence-corrected chi connectivity index (χ0v) is 16.1. The number of alkyl halides is 3. The molecule has 0 aliphatic heterocycles. The van der Waals surface area contributed by atoms with Gasteiger partial charge in [-0.2, -0.15) is 18.4 Å². The molecule has 1 atom stereocenters. The first-order valence-electron chi connectivity index (χ1n) is 8.45. The summed E-state index contributed by atoms with van der Waals surface area (Å²) in [5.41, 5.74) is -0.640. The third kappa shape index (κ3) is 5.75. The van der Waals surface area contributed by atoms with Crippen LogP contribution in [-0.2, 0) is 11.0 Å². The van der Waals surface area contributed by atoms with E-state index in [0.717, 1.165) is 11.0 Å². The summed E-state index contributed by atoms with van der Waals surface area (Å²) in [5, 5.41) is 21.0. The third-order valence-corrected chi connectivity index (χ3v) is 5.06. The van der Waals surface area contributed by atoms with Gasteiger partial charge in [-0.1, -0.05) is 26.0 Å². The number of carbonyl (C=O) groups is 1. The number of thioether (sulfide) groups is 1. The van der Waals surface area contributed by atoms with Gasteiger partial charge in [0.25, 0.3) is 5.91 Å². The molecule has 1 unspecified atom stereocenters. The number of aliphatic hydroxyl groups is 1. The highest BCUT2D eigenvalue weighted by Crippen LogP contribution is 2.33. The van der Waals surface area contributed by atoms with Gasteiger partial charge in [0.1, 0.15) is 6.10 Å². The fourth-order valence-electron chi connectivity index (χ4n) is 2.38. The topological polar surface area (TPSA) is 73.1 Å². The quantitative estimate of drug-likeness (QED) is 0.674. The van der Waals surface area contributed by atoms with Gasteiger partial charge < -0.3 is 10.4 Å². The molecule has 1 amide bonds. The summed E-state index contributed by atoms with van der Waals surface area (Å²) in [5.74, 6) is -0.372. The van der Waals surface area contributed by atoms with Gasteiger partial charge in [-0.25, -0.2) is 0 Å². The minimum Gasteiger partial charge on any atom is -0.382 e. The molecule has 0 saturated carbocycles. The molecule has 148 valence electrons. The van der Waals surface area contributed by atoms with Crippen LogP contribution >= 0.6 is 11.8 Å². The highest BCUT2D eigenvalue weighted by atomic mass is 32.2. The summed E-state index contributed by atoms with van der Waals surface area (Å²) in [7, 11) is 0. The Bertz CT molecular complexity index is 875. The Balaban J connectivity index is 1.99. The number of nitriles is 1. The molecule has 0 fully saturated rings. The number of benzene rings is 2. The number of hydrogen-bond donors (Lipinski definition) is 2. The highest BCUT2D eigenvalue weighted by molar-refractivity contribution is 7.99. The monoisotopic (exact) mass is 408 g/mol. The number of anilines is 1. The summed E-state index contributed by atoms with van der Waals surface area (Å²) in [6.07, 6.45) is -6.12. The molecule has 0 bridgehead atoms. The first-order chi connectivity index (χ1) is 13.1. The Hall–Kier alpha value is -2.50. The fraction of sp³-hybridized carbons (Fsp3) is 0.300. The van der Waals surface area contributed by atoms with Gasteiger partial charge in [0.15, 0.2) is 0 Å². The van der Waals surface area contributed by atoms with Crippen LogP contribution in [-0.4, -0.2) is 22.9 Å². The van der Waals surface area contributed by atoms with Crippen LogP contribution in [0.15, 0.2) is 47.4 Å². The van der Waals surface area contributed by atoms with E-state index in [9.17, 15) is 23.1 Å². The van der Waals surface area contributed by atoms with E-state index in [1.165, 1.54) is 29.5 Å². The second-order valence-corrected chi connectivity index (χ2v) is 7.50. The molecule has 2 N–H and O–H groups in total. The first-order valence-corrected chi connectivity index (χ1v) is 9.43. The van der Waals surface area contributed by atoms with Crippen molar-refractivity contribution in [2.45, 2.75) is 36.9 Å². The minimum atomic E-state index is -4.72. The molecule has 0 aliphatic rings. The first kappa shape index (κ1) is 21.8. The second-order valence-electron chi connectivity index (χ2n) is 6.41. The molecule has 0 aliphatic carbocycles.